The first kappa shape index (κ1) is 17.2. The van der Waals surface area contributed by atoms with Crippen LogP contribution >= 0.6 is 11.3 Å². The Morgan fingerprint density at radius 2 is 2.07 bits per heavy atom. The van der Waals surface area contributed by atoms with Gasteiger partial charge in [0.15, 0.2) is 0 Å². The first-order valence-corrected chi connectivity index (χ1v) is 10.2. The predicted octanol–water partition coefficient (Wildman–Crippen LogP) is 4.17. The molecule has 0 amide bonds. The lowest BCUT2D eigenvalue weighted by Crippen LogP contribution is -2.16. The average molecular weight is 392 g/mol. The quantitative estimate of drug-likeness (QED) is 0.511. The van der Waals surface area contributed by atoms with Crippen molar-refractivity contribution >= 4 is 22.2 Å². The minimum absolute atomic E-state index is 0.126. The lowest BCUT2D eigenvalue weighted by molar-refractivity contribution is 0.304. The van der Waals surface area contributed by atoms with Gasteiger partial charge in [0.2, 0.25) is 0 Å². The third-order valence-corrected chi connectivity index (χ3v) is 5.96. The number of aryl methyl sites for hydroxylation is 2. The van der Waals surface area contributed by atoms with Crippen LogP contribution in [0.3, 0.4) is 0 Å². The van der Waals surface area contributed by atoms with E-state index in [1.807, 2.05) is 36.6 Å². The summed E-state index contributed by atoms with van der Waals surface area (Å²) in [5, 5.41) is 8.68. The second-order valence-corrected chi connectivity index (χ2v) is 8.15. The number of pyridine rings is 1. The van der Waals surface area contributed by atoms with Crippen molar-refractivity contribution in [2.75, 3.05) is 0 Å². The number of aromatic nitrogens is 4. The van der Waals surface area contributed by atoms with E-state index in [4.69, 9.17) is 9.84 Å². The van der Waals surface area contributed by atoms with Gasteiger partial charge >= 0.3 is 0 Å². The van der Waals surface area contributed by atoms with E-state index in [9.17, 15) is 4.79 Å². The first-order chi connectivity index (χ1) is 13.6. The number of rotatable bonds is 5. The Morgan fingerprint density at radius 1 is 1.21 bits per heavy atom. The third kappa shape index (κ3) is 3.11. The zero-order chi connectivity index (χ0) is 19.3. The molecule has 1 aliphatic carbocycles. The van der Waals surface area contributed by atoms with Crippen molar-refractivity contribution in [3.63, 3.8) is 0 Å². The predicted molar refractivity (Wildman–Crippen MR) is 110 cm³/mol. The van der Waals surface area contributed by atoms with Crippen molar-refractivity contribution < 1.29 is 4.74 Å². The molecule has 6 nitrogen and oxygen atoms in total. The number of hydrogen-bond acceptors (Lipinski definition) is 5. The molecule has 3 heterocycles. The van der Waals surface area contributed by atoms with Gasteiger partial charge in [-0.3, -0.25) is 14.0 Å². The molecule has 1 saturated carbocycles. The first-order valence-electron chi connectivity index (χ1n) is 9.34. The Labute approximate surface area is 166 Å². The zero-order valence-corrected chi connectivity index (χ0v) is 16.6. The van der Waals surface area contributed by atoms with Gasteiger partial charge in [0.05, 0.1) is 11.6 Å². The van der Waals surface area contributed by atoms with Gasteiger partial charge in [0, 0.05) is 40.1 Å². The lowest BCUT2D eigenvalue weighted by atomic mass is 10.2. The number of ether oxygens (including phenoxy) is 1. The maximum atomic E-state index is 12.6. The molecule has 28 heavy (non-hydrogen) atoms. The molecule has 3 aromatic heterocycles. The van der Waals surface area contributed by atoms with Crippen LogP contribution in [0.5, 0.6) is 5.75 Å². The summed E-state index contributed by atoms with van der Waals surface area (Å²) in [6.45, 7) is 4.42. The molecule has 0 N–H and O–H groups in total. The van der Waals surface area contributed by atoms with Gasteiger partial charge in [-0.15, -0.1) is 11.3 Å². The number of benzene rings is 1. The molecular weight excluding hydrogens is 372 g/mol. The molecule has 5 rings (SSSR count). The van der Waals surface area contributed by atoms with Gasteiger partial charge in [-0.1, -0.05) is 0 Å². The van der Waals surface area contributed by atoms with E-state index in [1.165, 1.54) is 18.9 Å². The highest BCUT2D eigenvalue weighted by Crippen LogP contribution is 2.37. The van der Waals surface area contributed by atoms with Crippen LogP contribution in [0.15, 0.2) is 46.7 Å². The van der Waals surface area contributed by atoms with Crippen LogP contribution in [0.25, 0.3) is 16.6 Å². The number of nitrogens with zero attached hydrogens (tertiary/aromatic N) is 4. The smallest absolute Gasteiger partial charge is 0.258 e. The van der Waals surface area contributed by atoms with Gasteiger partial charge in [-0.05, 0) is 51.0 Å². The van der Waals surface area contributed by atoms with E-state index in [1.54, 1.807) is 22.1 Å². The van der Waals surface area contributed by atoms with E-state index < -0.39 is 0 Å². The van der Waals surface area contributed by atoms with Crippen molar-refractivity contribution in [3.8, 4) is 11.4 Å². The molecule has 0 unspecified atom stereocenters. The summed E-state index contributed by atoms with van der Waals surface area (Å²) < 4.78 is 9.48. The van der Waals surface area contributed by atoms with Crippen molar-refractivity contribution in [1.82, 2.24) is 19.3 Å². The van der Waals surface area contributed by atoms with E-state index in [0.29, 0.717) is 18.4 Å². The number of hydrogen-bond donors (Lipinski definition) is 0. The summed E-state index contributed by atoms with van der Waals surface area (Å²) in [5.41, 5.74) is 3.82. The highest BCUT2D eigenvalue weighted by molar-refractivity contribution is 7.09. The van der Waals surface area contributed by atoms with Crippen LogP contribution in [-0.2, 0) is 6.61 Å². The fourth-order valence-electron chi connectivity index (χ4n) is 3.42. The minimum Gasteiger partial charge on any atom is -0.486 e. The van der Waals surface area contributed by atoms with E-state index in [-0.39, 0.29) is 5.56 Å². The largest absolute Gasteiger partial charge is 0.486 e. The molecule has 4 aromatic rings. The maximum Gasteiger partial charge on any atom is 0.258 e. The molecule has 0 saturated heterocycles. The monoisotopic (exact) mass is 392 g/mol. The highest BCUT2D eigenvalue weighted by atomic mass is 32.1. The van der Waals surface area contributed by atoms with Gasteiger partial charge in [0.25, 0.3) is 5.56 Å². The lowest BCUT2D eigenvalue weighted by Gasteiger charge is -2.08. The fraction of sp³-hybridized carbons (Fsp3) is 0.286. The minimum atomic E-state index is -0.126. The molecule has 7 heteroatoms. The Balaban J connectivity index is 1.42. The molecular formula is C21H20N4O2S. The zero-order valence-electron chi connectivity index (χ0n) is 15.8. The normalized spacial score (nSPS) is 13.9. The molecule has 1 aliphatic rings. The Hall–Kier alpha value is -2.93. The van der Waals surface area contributed by atoms with E-state index in [2.05, 4.69) is 16.6 Å². The molecule has 142 valence electrons. The second kappa shape index (κ2) is 6.60. The topological polar surface area (TPSA) is 61.9 Å². The van der Waals surface area contributed by atoms with Crippen LogP contribution in [0.2, 0.25) is 0 Å². The van der Waals surface area contributed by atoms with Crippen molar-refractivity contribution in [2.24, 2.45) is 0 Å². The van der Waals surface area contributed by atoms with Crippen molar-refractivity contribution in [2.45, 2.75) is 39.3 Å². The summed E-state index contributed by atoms with van der Waals surface area (Å²) in [7, 11) is 0. The maximum absolute atomic E-state index is 12.6. The highest BCUT2D eigenvalue weighted by Gasteiger charge is 2.26. The average Bonchev–Trinajstić information content (AvgIpc) is 3.37. The molecule has 1 fully saturated rings. The summed E-state index contributed by atoms with van der Waals surface area (Å²) in [6.07, 6.45) is 4.15. The van der Waals surface area contributed by atoms with Gasteiger partial charge in [0.1, 0.15) is 17.4 Å². The van der Waals surface area contributed by atoms with Crippen LogP contribution in [0.4, 0.5) is 0 Å². The summed E-state index contributed by atoms with van der Waals surface area (Å²) >= 11 is 1.56. The summed E-state index contributed by atoms with van der Waals surface area (Å²) in [4.78, 5) is 17.0. The van der Waals surface area contributed by atoms with Crippen molar-refractivity contribution in [3.05, 3.63) is 68.7 Å². The van der Waals surface area contributed by atoms with Crippen LogP contribution in [0, 0.1) is 13.8 Å². The third-order valence-electron chi connectivity index (χ3n) is 5.02. The Morgan fingerprint density at radius 3 is 2.79 bits per heavy atom. The SMILES string of the molecule is Cc1csc(COc2ccn(-c3ccc4nn(C5CC5)c(C)c4c3)c(=O)c2)n1. The summed E-state index contributed by atoms with van der Waals surface area (Å²) in [6, 6.07) is 9.83. The molecule has 1 aromatic carbocycles. The Bertz CT molecular complexity index is 1230. The van der Waals surface area contributed by atoms with Crippen LogP contribution in [0.1, 0.15) is 35.3 Å². The summed E-state index contributed by atoms with van der Waals surface area (Å²) in [5.74, 6) is 0.549. The van der Waals surface area contributed by atoms with Crippen molar-refractivity contribution in [1.29, 1.82) is 0 Å². The molecule has 0 spiro atoms. The molecule has 0 aliphatic heterocycles. The van der Waals surface area contributed by atoms with Crippen LogP contribution in [-0.4, -0.2) is 19.3 Å². The molecule has 0 radical (unpaired) electrons. The molecule has 0 atom stereocenters. The van der Waals surface area contributed by atoms with Gasteiger partial charge in [-0.25, -0.2) is 4.98 Å². The standard InChI is InChI=1S/C21H20N4O2S/c1-13-12-28-20(22-13)11-27-17-7-8-24(21(26)10-17)16-5-6-19-18(9-16)14(2)25(23-19)15-3-4-15/h5-10,12,15H,3-4,11H2,1-2H3. The van der Waals surface area contributed by atoms with E-state index >= 15 is 0 Å². The van der Waals surface area contributed by atoms with Crippen LogP contribution < -0.4 is 10.3 Å². The fourth-order valence-corrected chi connectivity index (χ4v) is 4.10. The Kier molecular flexibility index (Phi) is 4.05. The second-order valence-electron chi connectivity index (χ2n) is 7.20. The number of fused-ring (bicyclic) bond motifs is 1. The van der Waals surface area contributed by atoms with Gasteiger partial charge < -0.3 is 4.74 Å². The number of thiazole rings is 1. The van der Waals surface area contributed by atoms with E-state index in [0.717, 1.165) is 33.0 Å². The molecule has 0 bridgehead atoms. The van der Waals surface area contributed by atoms with Gasteiger partial charge in [-0.2, -0.15) is 5.10 Å².